The molecule has 0 radical (unpaired) electrons. The maximum atomic E-state index is 10.8. The summed E-state index contributed by atoms with van der Waals surface area (Å²) in [6.45, 7) is -1.40. The summed E-state index contributed by atoms with van der Waals surface area (Å²) < 4.78 is 28.0. The normalized spacial score (nSPS) is 35.8. The number of benzene rings is 2. The summed E-state index contributed by atoms with van der Waals surface area (Å²) in [6, 6.07) is 6.06. The van der Waals surface area contributed by atoms with Gasteiger partial charge in [0.15, 0.2) is 17.6 Å². The Bertz CT molecular complexity index is 1330. The molecule has 16 heteroatoms. The Morgan fingerprint density at radius 3 is 1.79 bits per heavy atom. The molecule has 5 rings (SSSR count). The van der Waals surface area contributed by atoms with Gasteiger partial charge >= 0.3 is 0 Å². The molecule has 3 aliphatic heterocycles. The fraction of sp³-hybridized carbons (Fsp3) is 0.481. The Morgan fingerprint density at radius 1 is 0.651 bits per heavy atom. The van der Waals surface area contributed by atoms with Crippen LogP contribution in [0.3, 0.4) is 0 Å². The van der Waals surface area contributed by atoms with Crippen LogP contribution in [0.4, 0.5) is 0 Å². The summed E-state index contributed by atoms with van der Waals surface area (Å²) in [6.07, 6.45) is -15.9. The van der Waals surface area contributed by atoms with Crippen molar-refractivity contribution < 1.29 is 79.9 Å². The lowest BCUT2D eigenvalue weighted by Gasteiger charge is -2.41. The molecule has 2 saturated heterocycles. The molecular formula is C27H32O16. The first-order valence-electron chi connectivity index (χ1n) is 13.1. The molecule has 0 saturated carbocycles. The molecule has 16 nitrogen and oxygen atoms in total. The van der Waals surface area contributed by atoms with E-state index in [1.165, 1.54) is 30.3 Å². The second-order valence-corrected chi connectivity index (χ2v) is 10.3. The Labute approximate surface area is 243 Å². The van der Waals surface area contributed by atoms with Gasteiger partial charge in [0, 0.05) is 17.7 Å². The van der Waals surface area contributed by atoms with E-state index in [2.05, 4.69) is 0 Å². The minimum atomic E-state index is -1.78. The van der Waals surface area contributed by atoms with E-state index in [4.69, 9.17) is 23.7 Å². The van der Waals surface area contributed by atoms with Crippen molar-refractivity contribution >= 4 is 6.08 Å². The predicted molar refractivity (Wildman–Crippen MR) is 138 cm³/mol. The van der Waals surface area contributed by atoms with Crippen molar-refractivity contribution in [3.63, 3.8) is 0 Å². The highest BCUT2D eigenvalue weighted by molar-refractivity contribution is 5.69. The van der Waals surface area contributed by atoms with E-state index in [1.807, 2.05) is 0 Å². The molecular weight excluding hydrogens is 580 g/mol. The molecule has 0 aromatic heterocycles. The van der Waals surface area contributed by atoms with Gasteiger partial charge in [0.25, 0.3) is 0 Å². The SMILES string of the molecule is OC[C@H]1O[C@@H](OC2=Cc3c(O)cc(O)cc3OC2c2ccc(O[C@@H]3O[C@H](CO)[C@@H](O)[C@H](O)[C@H]3O)c(O)c2)[C@H](O)[C@@H](O)[C@@H]1O. The summed E-state index contributed by atoms with van der Waals surface area (Å²) in [4.78, 5) is 0. The highest BCUT2D eigenvalue weighted by atomic mass is 16.7. The molecule has 1 unspecified atom stereocenters. The average Bonchev–Trinajstić information content (AvgIpc) is 2.98. The summed E-state index contributed by atoms with van der Waals surface area (Å²) in [5.41, 5.74) is 0.253. The van der Waals surface area contributed by atoms with Crippen LogP contribution in [0, 0.1) is 0 Å². The first-order valence-corrected chi connectivity index (χ1v) is 13.1. The number of aliphatic hydroxyl groups excluding tert-OH is 8. The standard InChI is InChI=1S/C27H32O16/c28-7-17-19(33)21(35)23(37)26(42-17)40-14-2-1-9(3-13(14)32)25-16(6-11-12(31)4-10(30)5-15(11)39-25)41-27-24(38)22(36)20(34)18(8-29)43-27/h1-6,17-38H,7-8H2/t17-,18-,19-,20-,21+,22+,23-,24-,25?,26-,27-/m1/s1. The van der Waals surface area contributed by atoms with Crippen LogP contribution >= 0.6 is 0 Å². The molecule has 2 fully saturated rings. The zero-order valence-electron chi connectivity index (χ0n) is 22.2. The molecule has 2 aromatic carbocycles. The van der Waals surface area contributed by atoms with E-state index in [1.54, 1.807) is 0 Å². The number of ether oxygens (including phenoxy) is 5. The van der Waals surface area contributed by atoms with Gasteiger partial charge in [0.1, 0.15) is 71.8 Å². The van der Waals surface area contributed by atoms with Crippen LogP contribution in [0.2, 0.25) is 0 Å². The lowest BCUT2D eigenvalue weighted by atomic mass is 9.98. The topological polar surface area (TPSA) is 269 Å². The fourth-order valence-corrected chi connectivity index (χ4v) is 4.96. The van der Waals surface area contributed by atoms with Crippen LogP contribution in [0.15, 0.2) is 36.1 Å². The van der Waals surface area contributed by atoms with E-state index in [9.17, 15) is 56.2 Å². The highest BCUT2D eigenvalue weighted by Crippen LogP contribution is 2.45. The summed E-state index contributed by atoms with van der Waals surface area (Å²) in [5.74, 6) is -1.60. The van der Waals surface area contributed by atoms with Gasteiger partial charge in [-0.1, -0.05) is 6.07 Å². The van der Waals surface area contributed by atoms with Crippen molar-refractivity contribution in [2.24, 2.45) is 0 Å². The van der Waals surface area contributed by atoms with E-state index in [0.29, 0.717) is 0 Å². The third-order valence-corrected chi connectivity index (χ3v) is 7.37. The molecule has 43 heavy (non-hydrogen) atoms. The van der Waals surface area contributed by atoms with Crippen LogP contribution in [-0.4, -0.2) is 131 Å². The molecule has 236 valence electrons. The molecule has 3 aliphatic rings. The van der Waals surface area contributed by atoms with Gasteiger partial charge in [0.05, 0.1) is 18.8 Å². The minimum absolute atomic E-state index is 0.00443. The van der Waals surface area contributed by atoms with Crippen molar-refractivity contribution in [3.8, 4) is 28.7 Å². The van der Waals surface area contributed by atoms with E-state index in [-0.39, 0.29) is 34.1 Å². The van der Waals surface area contributed by atoms with Crippen LogP contribution < -0.4 is 9.47 Å². The monoisotopic (exact) mass is 612 g/mol. The van der Waals surface area contributed by atoms with E-state index in [0.717, 1.165) is 6.07 Å². The zero-order chi connectivity index (χ0) is 31.2. The molecule has 0 amide bonds. The lowest BCUT2D eigenvalue weighted by Crippen LogP contribution is -2.60. The van der Waals surface area contributed by atoms with Crippen molar-refractivity contribution in [1.29, 1.82) is 0 Å². The number of fused-ring (bicyclic) bond motifs is 1. The third kappa shape index (κ3) is 5.89. The summed E-state index contributed by atoms with van der Waals surface area (Å²) in [5, 5.41) is 111. The summed E-state index contributed by atoms with van der Waals surface area (Å²) in [7, 11) is 0. The Balaban J connectivity index is 1.44. The fourth-order valence-electron chi connectivity index (χ4n) is 4.96. The number of phenols is 3. The van der Waals surface area contributed by atoms with E-state index >= 15 is 0 Å². The second-order valence-electron chi connectivity index (χ2n) is 10.3. The molecule has 0 bridgehead atoms. The average molecular weight is 613 g/mol. The molecule has 11 atom stereocenters. The Morgan fingerprint density at radius 2 is 1.23 bits per heavy atom. The first-order chi connectivity index (χ1) is 20.4. The van der Waals surface area contributed by atoms with Gasteiger partial charge in [-0.15, -0.1) is 0 Å². The van der Waals surface area contributed by atoms with Crippen molar-refractivity contribution in [1.82, 2.24) is 0 Å². The van der Waals surface area contributed by atoms with Gasteiger partial charge in [-0.05, 0) is 18.2 Å². The number of rotatable bonds is 7. The number of aliphatic hydroxyl groups is 8. The molecule has 0 aliphatic carbocycles. The Kier molecular flexibility index (Phi) is 8.87. The van der Waals surface area contributed by atoms with Crippen molar-refractivity contribution in [2.45, 2.75) is 67.5 Å². The maximum absolute atomic E-state index is 10.8. The zero-order valence-corrected chi connectivity index (χ0v) is 22.2. The van der Waals surface area contributed by atoms with Gasteiger partial charge < -0.3 is 79.9 Å². The molecule has 0 spiro atoms. The minimum Gasteiger partial charge on any atom is -0.508 e. The molecule has 11 N–H and O–H groups in total. The lowest BCUT2D eigenvalue weighted by molar-refractivity contribution is -0.293. The smallest absolute Gasteiger partial charge is 0.229 e. The van der Waals surface area contributed by atoms with Gasteiger partial charge in [-0.3, -0.25) is 0 Å². The van der Waals surface area contributed by atoms with Crippen LogP contribution in [-0.2, 0) is 14.2 Å². The largest absolute Gasteiger partial charge is 0.508 e. The summed E-state index contributed by atoms with van der Waals surface area (Å²) >= 11 is 0. The number of phenolic OH excluding ortho intramolecular Hbond substituents is 3. The van der Waals surface area contributed by atoms with Crippen LogP contribution in [0.5, 0.6) is 28.7 Å². The van der Waals surface area contributed by atoms with Gasteiger partial charge in [-0.25, -0.2) is 0 Å². The Hall–Kier alpha value is -3.42. The second kappa shape index (κ2) is 12.3. The molecule has 2 aromatic rings. The van der Waals surface area contributed by atoms with Gasteiger partial charge in [-0.2, -0.15) is 0 Å². The number of aromatic hydroxyl groups is 3. The van der Waals surface area contributed by atoms with Crippen molar-refractivity contribution in [3.05, 3.63) is 47.2 Å². The molecule has 3 heterocycles. The number of hydrogen-bond donors (Lipinski definition) is 11. The van der Waals surface area contributed by atoms with E-state index < -0.39 is 92.2 Å². The number of hydrogen-bond acceptors (Lipinski definition) is 16. The first kappa shape index (κ1) is 31.0. The van der Waals surface area contributed by atoms with Crippen LogP contribution in [0.25, 0.3) is 6.08 Å². The quantitative estimate of drug-likeness (QED) is 0.152. The maximum Gasteiger partial charge on any atom is 0.229 e. The van der Waals surface area contributed by atoms with Crippen LogP contribution in [0.1, 0.15) is 17.2 Å². The predicted octanol–water partition coefficient (Wildman–Crippen LogP) is -2.73. The highest BCUT2D eigenvalue weighted by Gasteiger charge is 2.47. The third-order valence-electron chi connectivity index (χ3n) is 7.37. The van der Waals surface area contributed by atoms with Gasteiger partial charge in [0.2, 0.25) is 12.6 Å². The van der Waals surface area contributed by atoms with Crippen molar-refractivity contribution in [2.75, 3.05) is 13.2 Å².